The van der Waals surface area contributed by atoms with E-state index in [1.807, 2.05) is 13.8 Å². The van der Waals surface area contributed by atoms with Crippen molar-refractivity contribution in [3.05, 3.63) is 0 Å². The molecule has 0 radical (unpaired) electrons. The van der Waals surface area contributed by atoms with Crippen LogP contribution in [0.3, 0.4) is 0 Å². The van der Waals surface area contributed by atoms with E-state index in [2.05, 4.69) is 38.3 Å². The lowest BCUT2D eigenvalue weighted by Gasteiger charge is -2.22. The number of hydrogen-bond donors (Lipinski definition) is 1. The first-order valence-corrected chi connectivity index (χ1v) is 5.16. The molecule has 0 saturated heterocycles. The Morgan fingerprint density at radius 1 is 1.27 bits per heavy atom. The molecule has 70 valence electrons. The Kier molecular flexibility index (Phi) is 13.0. The molecule has 0 N–H and O–H groups in total. The van der Waals surface area contributed by atoms with Gasteiger partial charge < -0.3 is 0 Å². The second kappa shape index (κ2) is 10.3. The number of thiol groups is 1. The molecule has 0 bridgehead atoms. The SMILES string of the molecule is CC.CCCN(CC)C(C)S. The van der Waals surface area contributed by atoms with Gasteiger partial charge in [0.05, 0.1) is 0 Å². The van der Waals surface area contributed by atoms with Gasteiger partial charge in [0.1, 0.15) is 0 Å². The Balaban J connectivity index is 0. The lowest BCUT2D eigenvalue weighted by atomic mass is 10.4. The van der Waals surface area contributed by atoms with Crippen molar-refractivity contribution in [2.24, 2.45) is 0 Å². The summed E-state index contributed by atoms with van der Waals surface area (Å²) in [6.07, 6.45) is 1.22. The second-order valence-electron chi connectivity index (χ2n) is 2.26. The first kappa shape index (κ1) is 13.9. The first-order valence-electron chi connectivity index (χ1n) is 4.64. The summed E-state index contributed by atoms with van der Waals surface area (Å²) in [5, 5.41) is 0.412. The van der Waals surface area contributed by atoms with Gasteiger partial charge in [-0.15, -0.1) is 0 Å². The quantitative estimate of drug-likeness (QED) is 0.510. The van der Waals surface area contributed by atoms with Crippen LogP contribution in [0.15, 0.2) is 0 Å². The van der Waals surface area contributed by atoms with Gasteiger partial charge in [0, 0.05) is 5.37 Å². The zero-order chi connectivity index (χ0) is 9.28. The van der Waals surface area contributed by atoms with Gasteiger partial charge in [-0.05, 0) is 26.4 Å². The highest BCUT2D eigenvalue weighted by atomic mass is 32.1. The molecule has 1 atom stereocenters. The van der Waals surface area contributed by atoms with E-state index in [0.29, 0.717) is 5.37 Å². The summed E-state index contributed by atoms with van der Waals surface area (Å²) in [5.74, 6) is 0. The van der Waals surface area contributed by atoms with E-state index >= 15 is 0 Å². The van der Waals surface area contributed by atoms with Crippen molar-refractivity contribution >= 4 is 12.6 Å². The lowest BCUT2D eigenvalue weighted by molar-refractivity contribution is 0.283. The summed E-state index contributed by atoms with van der Waals surface area (Å²) in [4.78, 5) is 2.34. The molecule has 0 rings (SSSR count). The Morgan fingerprint density at radius 2 is 1.73 bits per heavy atom. The molecule has 0 aromatic carbocycles. The number of hydrogen-bond acceptors (Lipinski definition) is 2. The van der Waals surface area contributed by atoms with Crippen molar-refractivity contribution in [2.45, 2.75) is 46.4 Å². The van der Waals surface area contributed by atoms with Gasteiger partial charge in [-0.25, -0.2) is 0 Å². The van der Waals surface area contributed by atoms with Crippen LogP contribution >= 0.6 is 12.6 Å². The molecule has 1 unspecified atom stereocenters. The van der Waals surface area contributed by atoms with E-state index in [9.17, 15) is 0 Å². The minimum Gasteiger partial charge on any atom is -0.292 e. The van der Waals surface area contributed by atoms with E-state index < -0.39 is 0 Å². The molecule has 0 fully saturated rings. The number of nitrogens with zero attached hydrogens (tertiary/aromatic N) is 1. The van der Waals surface area contributed by atoms with Crippen LogP contribution in [0.25, 0.3) is 0 Å². The normalized spacial score (nSPS) is 12.3. The maximum absolute atomic E-state index is 4.33. The zero-order valence-electron chi connectivity index (χ0n) is 8.59. The fourth-order valence-corrected chi connectivity index (χ4v) is 1.18. The second-order valence-corrected chi connectivity index (χ2v) is 3.01. The Hall–Kier alpha value is 0.310. The molecule has 2 heteroatoms. The summed E-state index contributed by atoms with van der Waals surface area (Å²) < 4.78 is 0. The summed E-state index contributed by atoms with van der Waals surface area (Å²) in [6, 6.07) is 0. The van der Waals surface area contributed by atoms with Gasteiger partial charge in [-0.2, -0.15) is 12.6 Å². The molecular weight excluding hydrogens is 154 g/mol. The predicted molar refractivity (Wildman–Crippen MR) is 57.3 cm³/mol. The molecule has 0 aliphatic rings. The maximum atomic E-state index is 4.33. The van der Waals surface area contributed by atoms with Crippen LogP contribution in [0.2, 0.25) is 0 Å². The van der Waals surface area contributed by atoms with Crippen LogP contribution in [0, 0.1) is 0 Å². The van der Waals surface area contributed by atoms with Crippen molar-refractivity contribution in [3.8, 4) is 0 Å². The molecule has 0 heterocycles. The third kappa shape index (κ3) is 8.21. The molecular formula is C9H23NS. The van der Waals surface area contributed by atoms with Crippen LogP contribution in [0.1, 0.15) is 41.0 Å². The first-order chi connectivity index (χ1) is 5.22. The van der Waals surface area contributed by atoms with E-state index in [1.165, 1.54) is 13.0 Å². The van der Waals surface area contributed by atoms with Crippen molar-refractivity contribution < 1.29 is 0 Å². The standard InChI is InChI=1S/C7H17NS.C2H6/c1-4-6-8(5-2)7(3)9;1-2/h7,9H,4-6H2,1-3H3;1-2H3. The largest absolute Gasteiger partial charge is 0.292 e. The Bertz CT molecular complexity index is 64.6. The predicted octanol–water partition coefficient (Wildman–Crippen LogP) is 3.02. The van der Waals surface area contributed by atoms with Gasteiger partial charge in [-0.3, -0.25) is 4.90 Å². The van der Waals surface area contributed by atoms with E-state index in [-0.39, 0.29) is 0 Å². The topological polar surface area (TPSA) is 3.24 Å². The smallest absolute Gasteiger partial charge is 0.0499 e. The molecule has 1 nitrogen and oxygen atoms in total. The third-order valence-corrected chi connectivity index (χ3v) is 1.77. The fourth-order valence-electron chi connectivity index (χ4n) is 0.896. The molecule has 0 spiro atoms. The molecule has 0 aromatic heterocycles. The van der Waals surface area contributed by atoms with Gasteiger partial charge in [-0.1, -0.05) is 27.7 Å². The monoisotopic (exact) mass is 177 g/mol. The van der Waals surface area contributed by atoms with Crippen LogP contribution < -0.4 is 0 Å². The minimum atomic E-state index is 0.412. The van der Waals surface area contributed by atoms with Crippen LogP contribution in [0.4, 0.5) is 0 Å². The van der Waals surface area contributed by atoms with Crippen molar-refractivity contribution in [3.63, 3.8) is 0 Å². The molecule has 0 aliphatic carbocycles. The summed E-state index contributed by atoms with van der Waals surface area (Å²) in [7, 11) is 0. The van der Waals surface area contributed by atoms with Gasteiger partial charge in [0.2, 0.25) is 0 Å². The molecule has 0 saturated carbocycles. The van der Waals surface area contributed by atoms with Crippen LogP contribution in [-0.2, 0) is 0 Å². The van der Waals surface area contributed by atoms with Crippen LogP contribution in [-0.4, -0.2) is 23.4 Å². The minimum absolute atomic E-state index is 0.412. The lowest BCUT2D eigenvalue weighted by Crippen LogP contribution is -2.29. The molecule has 0 aromatic rings. The van der Waals surface area contributed by atoms with Crippen molar-refractivity contribution in [1.82, 2.24) is 4.90 Å². The van der Waals surface area contributed by atoms with E-state index in [1.54, 1.807) is 0 Å². The van der Waals surface area contributed by atoms with Crippen molar-refractivity contribution in [2.75, 3.05) is 13.1 Å². The highest BCUT2D eigenvalue weighted by Crippen LogP contribution is 2.02. The van der Waals surface area contributed by atoms with Gasteiger partial charge in [0.15, 0.2) is 0 Å². The number of rotatable bonds is 4. The summed E-state index contributed by atoms with van der Waals surface area (Å²) in [6.45, 7) is 12.8. The molecule has 0 aliphatic heterocycles. The fraction of sp³-hybridized carbons (Fsp3) is 1.00. The zero-order valence-corrected chi connectivity index (χ0v) is 9.49. The average Bonchev–Trinajstić information content (AvgIpc) is 2.03. The summed E-state index contributed by atoms with van der Waals surface area (Å²) in [5.41, 5.74) is 0. The van der Waals surface area contributed by atoms with Crippen LogP contribution in [0.5, 0.6) is 0 Å². The van der Waals surface area contributed by atoms with E-state index in [0.717, 1.165) is 6.54 Å². The Morgan fingerprint density at radius 3 is 1.82 bits per heavy atom. The Labute approximate surface area is 77.6 Å². The van der Waals surface area contributed by atoms with Crippen molar-refractivity contribution in [1.29, 1.82) is 0 Å². The highest BCUT2D eigenvalue weighted by molar-refractivity contribution is 7.80. The van der Waals surface area contributed by atoms with E-state index in [4.69, 9.17) is 0 Å². The molecule has 0 amide bonds. The third-order valence-electron chi connectivity index (χ3n) is 1.45. The van der Waals surface area contributed by atoms with Gasteiger partial charge in [0.25, 0.3) is 0 Å². The highest BCUT2D eigenvalue weighted by Gasteiger charge is 2.03. The van der Waals surface area contributed by atoms with Gasteiger partial charge >= 0.3 is 0 Å². The summed E-state index contributed by atoms with van der Waals surface area (Å²) >= 11 is 4.33. The average molecular weight is 177 g/mol. The maximum Gasteiger partial charge on any atom is 0.0499 e. The molecule has 11 heavy (non-hydrogen) atoms.